The van der Waals surface area contributed by atoms with Crippen molar-refractivity contribution >= 4 is 27.8 Å². The minimum Gasteiger partial charge on any atom is -0.459 e. The van der Waals surface area contributed by atoms with Gasteiger partial charge in [0, 0.05) is 11.2 Å². The molecule has 0 bridgehead atoms. The summed E-state index contributed by atoms with van der Waals surface area (Å²) in [5.74, 6) is -0.667. The van der Waals surface area contributed by atoms with Crippen LogP contribution in [0.5, 0.6) is 0 Å². The first-order valence-corrected chi connectivity index (χ1v) is 9.16. The quantitative estimate of drug-likeness (QED) is 0.623. The van der Waals surface area contributed by atoms with Gasteiger partial charge in [-0.05, 0) is 32.3 Å². The highest BCUT2D eigenvalue weighted by Gasteiger charge is 2.30. The first-order chi connectivity index (χ1) is 10.9. The van der Waals surface area contributed by atoms with Crippen molar-refractivity contribution in [3.63, 3.8) is 0 Å². The lowest BCUT2D eigenvalue weighted by Crippen LogP contribution is -2.35. The van der Waals surface area contributed by atoms with Crippen molar-refractivity contribution < 1.29 is 14.3 Å². The maximum atomic E-state index is 12.4. The van der Waals surface area contributed by atoms with Gasteiger partial charge in [0.1, 0.15) is 5.60 Å². The summed E-state index contributed by atoms with van der Waals surface area (Å²) in [7, 11) is 0. The van der Waals surface area contributed by atoms with Crippen LogP contribution in [0.15, 0.2) is 30.3 Å². The van der Waals surface area contributed by atoms with E-state index in [1.54, 1.807) is 0 Å². The van der Waals surface area contributed by atoms with Crippen LogP contribution >= 0.6 is 15.9 Å². The third-order valence-electron chi connectivity index (χ3n) is 4.06. The summed E-state index contributed by atoms with van der Waals surface area (Å²) in [4.78, 5) is 24.5. The Balaban J connectivity index is 1.95. The van der Waals surface area contributed by atoms with Crippen LogP contribution in [0, 0.1) is 5.92 Å². The summed E-state index contributed by atoms with van der Waals surface area (Å²) in [6, 6.07) is 10.00. The Morgan fingerprint density at radius 2 is 2.00 bits per heavy atom. The van der Waals surface area contributed by atoms with Crippen molar-refractivity contribution in [2.45, 2.75) is 51.2 Å². The highest BCUT2D eigenvalue weighted by atomic mass is 79.9. The van der Waals surface area contributed by atoms with Crippen LogP contribution < -0.4 is 5.32 Å². The molecule has 1 aliphatic rings. The Morgan fingerprint density at radius 1 is 1.30 bits per heavy atom. The molecule has 0 radical (unpaired) electrons. The number of benzene rings is 1. The second kappa shape index (κ2) is 7.95. The molecule has 1 fully saturated rings. The van der Waals surface area contributed by atoms with E-state index in [-0.39, 0.29) is 30.3 Å². The van der Waals surface area contributed by atoms with Gasteiger partial charge in [-0.15, -0.1) is 0 Å². The largest absolute Gasteiger partial charge is 0.459 e. The van der Waals surface area contributed by atoms with E-state index in [1.165, 1.54) is 0 Å². The molecule has 1 aliphatic heterocycles. The van der Waals surface area contributed by atoms with Crippen molar-refractivity contribution in [3.05, 3.63) is 35.9 Å². The van der Waals surface area contributed by atoms with Crippen molar-refractivity contribution in [3.8, 4) is 0 Å². The number of hydrogen-bond acceptors (Lipinski definition) is 3. The van der Waals surface area contributed by atoms with Gasteiger partial charge >= 0.3 is 5.97 Å². The molecule has 1 amide bonds. The summed E-state index contributed by atoms with van der Waals surface area (Å²) in [5.41, 5.74) is 0.565. The van der Waals surface area contributed by atoms with Crippen molar-refractivity contribution in [1.29, 1.82) is 0 Å². The van der Waals surface area contributed by atoms with E-state index in [9.17, 15) is 9.59 Å². The first-order valence-electron chi connectivity index (χ1n) is 8.04. The number of halogens is 1. The van der Waals surface area contributed by atoms with Gasteiger partial charge in [-0.2, -0.15) is 0 Å². The fourth-order valence-corrected chi connectivity index (χ4v) is 2.88. The third kappa shape index (κ3) is 5.34. The monoisotopic (exact) mass is 381 g/mol. The maximum absolute atomic E-state index is 12.4. The predicted octanol–water partition coefficient (Wildman–Crippen LogP) is 3.75. The van der Waals surface area contributed by atoms with Crippen LogP contribution in [-0.2, 0) is 14.3 Å². The molecule has 1 aromatic carbocycles. The standard InChI is InChI=1S/C18H24BrNO3/c1-18(2,12-19)23-16(21)11-14-9-6-10-15(20-17(14)22)13-7-4-3-5-8-13/h3-5,7-8,14-15H,6,9-12H2,1-2H3,(H,20,22). The number of alkyl halides is 1. The lowest BCUT2D eigenvalue weighted by Gasteiger charge is -2.23. The summed E-state index contributed by atoms with van der Waals surface area (Å²) in [6.45, 7) is 3.69. The second-order valence-corrected chi connectivity index (χ2v) is 7.23. The number of nitrogens with one attached hydrogen (secondary N) is 1. The zero-order valence-corrected chi connectivity index (χ0v) is 15.3. The Bertz CT molecular complexity index is 544. The van der Waals surface area contributed by atoms with E-state index in [1.807, 2.05) is 44.2 Å². The Hall–Kier alpha value is -1.36. The number of hydrogen-bond donors (Lipinski definition) is 1. The van der Waals surface area contributed by atoms with Crippen LogP contribution in [0.3, 0.4) is 0 Å². The molecule has 2 rings (SSSR count). The molecule has 0 aliphatic carbocycles. The SMILES string of the molecule is CC(C)(CBr)OC(=O)CC1CCCC(c2ccccc2)NC1=O. The first kappa shape index (κ1) is 18.0. The van der Waals surface area contributed by atoms with E-state index in [2.05, 4.69) is 21.2 Å². The van der Waals surface area contributed by atoms with Crippen LogP contribution in [-0.4, -0.2) is 22.8 Å². The molecular weight excluding hydrogens is 358 g/mol. The van der Waals surface area contributed by atoms with Gasteiger partial charge in [0.2, 0.25) is 5.91 Å². The van der Waals surface area contributed by atoms with Crippen molar-refractivity contribution in [2.75, 3.05) is 5.33 Å². The highest BCUT2D eigenvalue weighted by molar-refractivity contribution is 9.09. The third-order valence-corrected chi connectivity index (χ3v) is 5.41. The fraction of sp³-hybridized carbons (Fsp3) is 0.556. The molecule has 1 heterocycles. The molecule has 2 atom stereocenters. The van der Waals surface area contributed by atoms with Crippen LogP contribution in [0.25, 0.3) is 0 Å². The van der Waals surface area contributed by atoms with Crippen LogP contribution in [0.1, 0.15) is 51.1 Å². The number of carbonyl (C=O) groups is 2. The molecular formula is C18H24BrNO3. The topological polar surface area (TPSA) is 55.4 Å². The molecule has 1 aromatic rings. The highest BCUT2D eigenvalue weighted by Crippen LogP contribution is 2.27. The molecule has 0 aromatic heterocycles. The maximum Gasteiger partial charge on any atom is 0.307 e. The summed E-state index contributed by atoms with van der Waals surface area (Å²) in [5, 5.41) is 3.64. The molecule has 0 saturated carbocycles. The van der Waals surface area contributed by atoms with Gasteiger partial charge in [-0.1, -0.05) is 52.7 Å². The van der Waals surface area contributed by atoms with Gasteiger partial charge in [-0.3, -0.25) is 9.59 Å². The average Bonchev–Trinajstić information content (AvgIpc) is 2.70. The predicted molar refractivity (Wildman–Crippen MR) is 93.2 cm³/mol. The number of esters is 1. The number of amides is 1. The fourth-order valence-electron chi connectivity index (χ4n) is 2.77. The summed E-state index contributed by atoms with van der Waals surface area (Å²) in [6.07, 6.45) is 2.68. The van der Waals surface area contributed by atoms with Crippen LogP contribution in [0.2, 0.25) is 0 Å². The van der Waals surface area contributed by atoms with Crippen LogP contribution in [0.4, 0.5) is 0 Å². The average molecular weight is 382 g/mol. The van der Waals surface area contributed by atoms with Gasteiger partial charge in [0.05, 0.1) is 12.5 Å². The summed E-state index contributed by atoms with van der Waals surface area (Å²) >= 11 is 3.33. The van der Waals surface area contributed by atoms with E-state index in [4.69, 9.17) is 4.74 Å². The molecule has 5 heteroatoms. The minimum absolute atomic E-state index is 0.0312. The Labute approximate surface area is 146 Å². The zero-order chi connectivity index (χ0) is 16.9. The molecule has 126 valence electrons. The molecule has 0 spiro atoms. The molecule has 1 N–H and O–H groups in total. The van der Waals surface area contributed by atoms with Crippen molar-refractivity contribution in [2.24, 2.45) is 5.92 Å². The van der Waals surface area contributed by atoms with Gasteiger partial charge in [0.15, 0.2) is 0 Å². The minimum atomic E-state index is -0.551. The Kier molecular flexibility index (Phi) is 6.22. The number of ether oxygens (including phenoxy) is 1. The second-order valence-electron chi connectivity index (χ2n) is 6.67. The Morgan fingerprint density at radius 3 is 2.65 bits per heavy atom. The number of rotatable bonds is 5. The van der Waals surface area contributed by atoms with Gasteiger partial charge in [0.25, 0.3) is 0 Å². The molecule has 4 nitrogen and oxygen atoms in total. The molecule has 23 heavy (non-hydrogen) atoms. The normalized spacial score (nSPS) is 22.1. The lowest BCUT2D eigenvalue weighted by molar-refractivity contribution is -0.156. The van der Waals surface area contributed by atoms with E-state index in [0.29, 0.717) is 5.33 Å². The zero-order valence-electron chi connectivity index (χ0n) is 13.7. The van der Waals surface area contributed by atoms with Gasteiger partial charge in [-0.25, -0.2) is 0 Å². The van der Waals surface area contributed by atoms with Gasteiger partial charge < -0.3 is 10.1 Å². The smallest absolute Gasteiger partial charge is 0.307 e. The van der Waals surface area contributed by atoms with Crippen molar-refractivity contribution in [1.82, 2.24) is 5.32 Å². The molecule has 2 unspecified atom stereocenters. The lowest BCUT2D eigenvalue weighted by atomic mass is 9.98. The van der Waals surface area contributed by atoms with E-state index in [0.717, 1.165) is 24.8 Å². The van der Waals surface area contributed by atoms with E-state index < -0.39 is 5.60 Å². The van der Waals surface area contributed by atoms with E-state index >= 15 is 0 Å². The number of carbonyl (C=O) groups excluding carboxylic acids is 2. The summed E-state index contributed by atoms with van der Waals surface area (Å²) < 4.78 is 5.42. The molecule has 1 saturated heterocycles.